The molecule has 2 N–H and O–H groups in total. The summed E-state index contributed by atoms with van der Waals surface area (Å²) >= 11 is 0. The number of hydrogen-bond donors (Lipinski definition) is 2. The van der Waals surface area contributed by atoms with Crippen LogP contribution >= 0.6 is 0 Å². The molecule has 0 radical (unpaired) electrons. The average molecular weight is 300 g/mol. The molecule has 1 unspecified atom stereocenters. The quantitative estimate of drug-likeness (QED) is 0.879. The summed E-state index contributed by atoms with van der Waals surface area (Å²) in [4.78, 5) is 0. The van der Waals surface area contributed by atoms with Gasteiger partial charge in [0, 0.05) is 18.2 Å². The number of benzene rings is 1. The average Bonchev–Trinajstić information content (AvgIpc) is 3.08. The van der Waals surface area contributed by atoms with Crippen molar-refractivity contribution in [2.75, 3.05) is 32.6 Å². The zero-order chi connectivity index (χ0) is 15.4. The van der Waals surface area contributed by atoms with Crippen LogP contribution in [0.25, 0.3) is 11.3 Å². The van der Waals surface area contributed by atoms with Gasteiger partial charge in [0.05, 0.1) is 19.9 Å². The molecule has 0 aliphatic carbocycles. The Bertz CT molecular complexity index is 625. The van der Waals surface area contributed by atoms with Crippen LogP contribution < -0.4 is 20.1 Å². The summed E-state index contributed by atoms with van der Waals surface area (Å²) in [5.41, 5.74) is 1.75. The van der Waals surface area contributed by atoms with Gasteiger partial charge < -0.3 is 20.1 Å². The molecular formula is C16H20N4O2. The molecule has 6 nitrogen and oxygen atoms in total. The highest BCUT2D eigenvalue weighted by Crippen LogP contribution is 2.31. The predicted molar refractivity (Wildman–Crippen MR) is 85.5 cm³/mol. The van der Waals surface area contributed by atoms with Crippen LogP contribution in [0.4, 0.5) is 5.82 Å². The van der Waals surface area contributed by atoms with E-state index in [0.717, 1.165) is 36.6 Å². The maximum Gasteiger partial charge on any atom is 0.161 e. The van der Waals surface area contributed by atoms with Crippen molar-refractivity contribution in [3.8, 4) is 22.8 Å². The number of anilines is 1. The van der Waals surface area contributed by atoms with E-state index in [2.05, 4.69) is 20.8 Å². The van der Waals surface area contributed by atoms with Gasteiger partial charge in [-0.05, 0) is 43.3 Å². The Hall–Kier alpha value is -2.34. The van der Waals surface area contributed by atoms with E-state index in [-0.39, 0.29) is 0 Å². The van der Waals surface area contributed by atoms with Crippen molar-refractivity contribution >= 4 is 5.82 Å². The molecule has 3 rings (SSSR count). The summed E-state index contributed by atoms with van der Waals surface area (Å²) in [5, 5.41) is 15.2. The fourth-order valence-electron chi connectivity index (χ4n) is 2.55. The molecule has 1 aliphatic heterocycles. The lowest BCUT2D eigenvalue weighted by Crippen LogP contribution is -2.22. The molecular weight excluding hydrogens is 280 g/mol. The number of nitrogens with one attached hydrogen (secondary N) is 2. The maximum absolute atomic E-state index is 5.32. The molecule has 6 heteroatoms. The minimum atomic E-state index is 0.432. The number of methoxy groups -OCH3 is 2. The summed E-state index contributed by atoms with van der Waals surface area (Å²) in [6.45, 7) is 2.02. The van der Waals surface area contributed by atoms with Crippen molar-refractivity contribution in [3.05, 3.63) is 30.3 Å². The molecule has 1 saturated heterocycles. The lowest BCUT2D eigenvalue weighted by molar-refractivity contribution is 0.355. The van der Waals surface area contributed by atoms with Gasteiger partial charge in [-0.2, -0.15) is 0 Å². The number of aromatic nitrogens is 2. The van der Waals surface area contributed by atoms with E-state index in [1.165, 1.54) is 0 Å². The van der Waals surface area contributed by atoms with Crippen LogP contribution in [0.2, 0.25) is 0 Å². The van der Waals surface area contributed by atoms with E-state index in [9.17, 15) is 0 Å². The predicted octanol–water partition coefficient (Wildman–Crippen LogP) is 1.93. The van der Waals surface area contributed by atoms with E-state index in [1.54, 1.807) is 14.2 Å². The third-order valence-corrected chi connectivity index (χ3v) is 3.76. The topological polar surface area (TPSA) is 68.3 Å². The van der Waals surface area contributed by atoms with Gasteiger partial charge in [0.2, 0.25) is 0 Å². The summed E-state index contributed by atoms with van der Waals surface area (Å²) in [6.07, 6.45) is 1.11. The first-order valence-corrected chi connectivity index (χ1v) is 7.33. The molecule has 0 bridgehead atoms. The first-order valence-electron chi connectivity index (χ1n) is 7.33. The second kappa shape index (κ2) is 6.62. The minimum absolute atomic E-state index is 0.432. The van der Waals surface area contributed by atoms with Gasteiger partial charge in [-0.25, -0.2) is 0 Å². The van der Waals surface area contributed by atoms with Crippen molar-refractivity contribution in [1.29, 1.82) is 0 Å². The highest BCUT2D eigenvalue weighted by Gasteiger charge is 2.14. The van der Waals surface area contributed by atoms with Crippen molar-refractivity contribution in [2.24, 2.45) is 0 Å². The van der Waals surface area contributed by atoms with Crippen LogP contribution in [0.15, 0.2) is 30.3 Å². The van der Waals surface area contributed by atoms with Gasteiger partial charge in [0.1, 0.15) is 5.82 Å². The van der Waals surface area contributed by atoms with Crippen molar-refractivity contribution in [3.63, 3.8) is 0 Å². The normalized spacial score (nSPS) is 17.3. The molecule has 1 fully saturated rings. The lowest BCUT2D eigenvalue weighted by Gasteiger charge is -2.12. The molecule has 1 aliphatic rings. The Labute approximate surface area is 129 Å². The van der Waals surface area contributed by atoms with Crippen LogP contribution in [0.3, 0.4) is 0 Å². The minimum Gasteiger partial charge on any atom is -0.493 e. The third kappa shape index (κ3) is 3.12. The Morgan fingerprint density at radius 1 is 1.09 bits per heavy atom. The number of ether oxygens (including phenoxy) is 2. The van der Waals surface area contributed by atoms with Crippen molar-refractivity contribution < 1.29 is 9.47 Å². The van der Waals surface area contributed by atoms with Crippen LogP contribution in [0.1, 0.15) is 6.42 Å². The first kappa shape index (κ1) is 14.6. The molecule has 22 heavy (non-hydrogen) atoms. The zero-order valence-corrected chi connectivity index (χ0v) is 12.8. The lowest BCUT2D eigenvalue weighted by atomic mass is 10.1. The molecule has 1 aromatic carbocycles. The van der Waals surface area contributed by atoms with Gasteiger partial charge in [0.15, 0.2) is 11.5 Å². The molecule has 0 spiro atoms. The standard InChI is InChI=1S/C16H20N4O2/c1-21-14-5-3-11(9-15(14)22-2)13-4-6-16(20-19-13)18-12-7-8-17-10-12/h3-6,9,12,17H,7-8,10H2,1-2H3,(H,18,20). The Morgan fingerprint density at radius 2 is 1.95 bits per heavy atom. The van der Waals surface area contributed by atoms with E-state index in [0.29, 0.717) is 17.5 Å². The third-order valence-electron chi connectivity index (χ3n) is 3.76. The molecule has 0 saturated carbocycles. The van der Waals surface area contributed by atoms with Gasteiger partial charge >= 0.3 is 0 Å². The maximum atomic E-state index is 5.32. The molecule has 1 aromatic heterocycles. The number of nitrogens with zero attached hydrogens (tertiary/aromatic N) is 2. The van der Waals surface area contributed by atoms with Crippen molar-refractivity contribution in [2.45, 2.75) is 12.5 Å². The Balaban J connectivity index is 1.77. The molecule has 1 atom stereocenters. The fourth-order valence-corrected chi connectivity index (χ4v) is 2.55. The van der Waals surface area contributed by atoms with Crippen LogP contribution in [-0.2, 0) is 0 Å². The van der Waals surface area contributed by atoms with Gasteiger partial charge in [0.25, 0.3) is 0 Å². The number of hydrogen-bond acceptors (Lipinski definition) is 6. The van der Waals surface area contributed by atoms with E-state index in [4.69, 9.17) is 9.47 Å². The Kier molecular flexibility index (Phi) is 4.39. The summed E-state index contributed by atoms with van der Waals surface area (Å²) in [6, 6.07) is 10.1. The highest BCUT2D eigenvalue weighted by atomic mass is 16.5. The second-order valence-electron chi connectivity index (χ2n) is 5.21. The first-order chi connectivity index (χ1) is 10.8. The van der Waals surface area contributed by atoms with Gasteiger partial charge in [-0.15, -0.1) is 10.2 Å². The van der Waals surface area contributed by atoms with Gasteiger partial charge in [-0.3, -0.25) is 0 Å². The van der Waals surface area contributed by atoms with Crippen LogP contribution in [0, 0.1) is 0 Å². The molecule has 2 aromatic rings. The summed E-state index contributed by atoms with van der Waals surface area (Å²) in [5.74, 6) is 2.19. The molecule has 116 valence electrons. The zero-order valence-electron chi connectivity index (χ0n) is 12.8. The van der Waals surface area contributed by atoms with E-state index < -0.39 is 0 Å². The van der Waals surface area contributed by atoms with Gasteiger partial charge in [-0.1, -0.05) is 0 Å². The molecule has 2 heterocycles. The smallest absolute Gasteiger partial charge is 0.161 e. The SMILES string of the molecule is COc1ccc(-c2ccc(NC3CCNC3)nn2)cc1OC. The highest BCUT2D eigenvalue weighted by molar-refractivity contribution is 5.64. The largest absolute Gasteiger partial charge is 0.493 e. The number of rotatable bonds is 5. The van der Waals surface area contributed by atoms with Crippen LogP contribution in [-0.4, -0.2) is 43.5 Å². The monoisotopic (exact) mass is 300 g/mol. The van der Waals surface area contributed by atoms with E-state index in [1.807, 2.05) is 30.3 Å². The fraction of sp³-hybridized carbons (Fsp3) is 0.375. The second-order valence-corrected chi connectivity index (χ2v) is 5.21. The van der Waals surface area contributed by atoms with Crippen molar-refractivity contribution in [1.82, 2.24) is 15.5 Å². The summed E-state index contributed by atoms with van der Waals surface area (Å²) < 4.78 is 10.6. The Morgan fingerprint density at radius 3 is 2.59 bits per heavy atom. The van der Waals surface area contributed by atoms with Crippen LogP contribution in [0.5, 0.6) is 11.5 Å². The molecule has 0 amide bonds. The summed E-state index contributed by atoms with van der Waals surface area (Å²) in [7, 11) is 3.24. The van der Waals surface area contributed by atoms with E-state index >= 15 is 0 Å².